The summed E-state index contributed by atoms with van der Waals surface area (Å²) in [6.07, 6.45) is 0. The number of hydrogen-bond donors (Lipinski definition) is 0. The molecule has 0 saturated carbocycles. The summed E-state index contributed by atoms with van der Waals surface area (Å²) < 4.78 is 0.792. The van der Waals surface area contributed by atoms with Crippen LogP contribution in [0.25, 0.3) is 10.9 Å². The molecule has 2 aromatic rings. The van der Waals surface area contributed by atoms with E-state index >= 15 is 0 Å². The fourth-order valence-corrected chi connectivity index (χ4v) is 3.60. The third kappa shape index (κ3) is 2.78. The van der Waals surface area contributed by atoms with Gasteiger partial charge in [0.15, 0.2) is 0 Å². The Morgan fingerprint density at radius 2 is 2.11 bits per heavy atom. The molecule has 1 aromatic heterocycles. The van der Waals surface area contributed by atoms with Crippen LogP contribution in [0.15, 0.2) is 29.2 Å². The minimum Gasteiger partial charge on any atom is -0.240 e. The molecule has 0 radical (unpaired) electrons. The first kappa shape index (κ1) is 13.6. The fraction of sp³-hybridized carbons (Fsp3) is 0.286. The lowest BCUT2D eigenvalue weighted by molar-refractivity contribution is 0.750. The monoisotopic (exact) mass is 368 g/mol. The smallest absolute Gasteiger partial charge is 0.120 e. The number of pyridine rings is 1. The Balaban J connectivity index is 2.62. The van der Waals surface area contributed by atoms with Crippen molar-refractivity contribution in [1.82, 2.24) is 4.98 Å². The molecule has 1 heterocycles. The van der Waals surface area contributed by atoms with Crippen molar-refractivity contribution in [2.45, 2.75) is 18.7 Å². The molecular formula is C14H13IN2S. The lowest BCUT2D eigenvalue weighted by Crippen LogP contribution is -1.97. The number of nitrogens with zero attached hydrogens (tertiary/aromatic N) is 2. The lowest BCUT2D eigenvalue weighted by Gasteiger charge is -2.11. The number of thioether (sulfide) groups is 1. The first-order valence-corrected chi connectivity index (χ1v) is 7.81. The van der Waals surface area contributed by atoms with E-state index in [0.29, 0.717) is 11.5 Å². The van der Waals surface area contributed by atoms with E-state index in [4.69, 9.17) is 0 Å². The van der Waals surface area contributed by atoms with Gasteiger partial charge in [0.2, 0.25) is 0 Å². The number of nitriles is 1. The summed E-state index contributed by atoms with van der Waals surface area (Å²) >= 11 is 3.90. The van der Waals surface area contributed by atoms with E-state index < -0.39 is 0 Å². The summed E-state index contributed by atoms with van der Waals surface area (Å²) in [5.41, 5.74) is 1.67. The van der Waals surface area contributed by atoms with Gasteiger partial charge in [-0.15, -0.1) is 11.8 Å². The van der Waals surface area contributed by atoms with E-state index in [1.165, 1.54) is 0 Å². The minimum atomic E-state index is 0.603. The highest BCUT2D eigenvalue weighted by Gasteiger charge is 2.13. The van der Waals surface area contributed by atoms with Crippen molar-refractivity contribution in [1.29, 1.82) is 5.26 Å². The molecule has 0 spiro atoms. The molecule has 0 fully saturated rings. The summed E-state index contributed by atoms with van der Waals surface area (Å²) in [5, 5.41) is 10.4. The molecule has 0 atom stereocenters. The zero-order chi connectivity index (χ0) is 13.1. The summed E-state index contributed by atoms with van der Waals surface area (Å²) in [6, 6.07) is 10.3. The molecule has 0 amide bonds. The van der Waals surface area contributed by atoms with Gasteiger partial charge in [0.1, 0.15) is 9.77 Å². The number of halogens is 1. The summed E-state index contributed by atoms with van der Waals surface area (Å²) in [6.45, 7) is 4.38. The van der Waals surface area contributed by atoms with E-state index in [1.54, 1.807) is 11.8 Å². The Bertz CT molecular complexity index is 617. The second kappa shape index (κ2) is 5.89. The van der Waals surface area contributed by atoms with Crippen LogP contribution in [-0.4, -0.2) is 10.7 Å². The normalized spacial score (nSPS) is 10.8. The standard InChI is InChI=1S/C14H13IN2S/c1-9(2)8-18-13-10-5-3-4-6-12(10)17-14(15)11(13)7-16/h3-6,9H,8H2,1-2H3. The Kier molecular flexibility index (Phi) is 4.46. The van der Waals surface area contributed by atoms with Crippen LogP contribution in [0.2, 0.25) is 0 Å². The maximum Gasteiger partial charge on any atom is 0.120 e. The van der Waals surface area contributed by atoms with Crippen LogP contribution in [0.5, 0.6) is 0 Å². The zero-order valence-corrected chi connectivity index (χ0v) is 13.2. The second-order valence-corrected chi connectivity index (χ2v) is 6.49. The van der Waals surface area contributed by atoms with E-state index in [0.717, 1.165) is 25.3 Å². The molecule has 0 aliphatic heterocycles. The molecule has 0 aliphatic carbocycles. The Hall–Kier alpha value is -0.800. The van der Waals surface area contributed by atoms with Crippen molar-refractivity contribution in [2.75, 3.05) is 5.75 Å². The highest BCUT2D eigenvalue weighted by Crippen LogP contribution is 2.33. The predicted molar refractivity (Wildman–Crippen MR) is 84.7 cm³/mol. The molecule has 0 N–H and O–H groups in total. The molecule has 0 unspecified atom stereocenters. The lowest BCUT2D eigenvalue weighted by atomic mass is 10.2. The van der Waals surface area contributed by atoms with Crippen LogP contribution in [0.4, 0.5) is 0 Å². The van der Waals surface area contributed by atoms with Crippen molar-refractivity contribution >= 4 is 45.3 Å². The van der Waals surface area contributed by atoms with Crippen LogP contribution in [0.3, 0.4) is 0 Å². The van der Waals surface area contributed by atoms with Gasteiger partial charge in [-0.3, -0.25) is 0 Å². The Morgan fingerprint density at radius 3 is 2.78 bits per heavy atom. The van der Waals surface area contributed by atoms with Crippen LogP contribution in [0, 0.1) is 20.9 Å². The zero-order valence-electron chi connectivity index (χ0n) is 10.3. The van der Waals surface area contributed by atoms with Crippen molar-refractivity contribution < 1.29 is 0 Å². The van der Waals surface area contributed by atoms with Crippen molar-refractivity contribution in [3.05, 3.63) is 33.5 Å². The van der Waals surface area contributed by atoms with Gasteiger partial charge in [-0.25, -0.2) is 4.98 Å². The van der Waals surface area contributed by atoms with Crippen LogP contribution in [0.1, 0.15) is 19.4 Å². The maximum atomic E-state index is 9.32. The van der Waals surface area contributed by atoms with E-state index in [-0.39, 0.29) is 0 Å². The summed E-state index contributed by atoms with van der Waals surface area (Å²) in [7, 11) is 0. The van der Waals surface area contributed by atoms with Crippen molar-refractivity contribution in [3.8, 4) is 6.07 Å². The van der Waals surface area contributed by atoms with E-state index in [1.807, 2.05) is 24.3 Å². The van der Waals surface area contributed by atoms with Gasteiger partial charge in [0.25, 0.3) is 0 Å². The first-order valence-electron chi connectivity index (χ1n) is 5.74. The third-order valence-corrected chi connectivity index (χ3v) is 4.80. The van der Waals surface area contributed by atoms with E-state index in [2.05, 4.69) is 47.5 Å². The van der Waals surface area contributed by atoms with Gasteiger partial charge in [0.05, 0.1) is 11.1 Å². The highest BCUT2D eigenvalue weighted by atomic mass is 127. The molecular weight excluding hydrogens is 355 g/mol. The topological polar surface area (TPSA) is 36.7 Å². The average molecular weight is 368 g/mol. The molecule has 0 bridgehead atoms. The van der Waals surface area contributed by atoms with Gasteiger partial charge in [-0.05, 0) is 34.6 Å². The average Bonchev–Trinajstić information content (AvgIpc) is 2.35. The number of aromatic nitrogens is 1. The van der Waals surface area contributed by atoms with Crippen molar-refractivity contribution in [2.24, 2.45) is 5.92 Å². The molecule has 18 heavy (non-hydrogen) atoms. The van der Waals surface area contributed by atoms with Crippen LogP contribution >= 0.6 is 34.4 Å². The summed E-state index contributed by atoms with van der Waals surface area (Å²) in [4.78, 5) is 5.56. The third-order valence-electron chi connectivity index (χ3n) is 2.47. The number of fused-ring (bicyclic) bond motifs is 1. The van der Waals surface area contributed by atoms with Gasteiger partial charge >= 0.3 is 0 Å². The number of hydrogen-bond acceptors (Lipinski definition) is 3. The fourth-order valence-electron chi connectivity index (χ4n) is 1.65. The molecule has 92 valence electrons. The van der Waals surface area contributed by atoms with Gasteiger partial charge in [-0.1, -0.05) is 32.0 Å². The first-order chi connectivity index (χ1) is 8.63. The van der Waals surface area contributed by atoms with Crippen molar-refractivity contribution in [3.63, 3.8) is 0 Å². The molecule has 2 nitrogen and oxygen atoms in total. The Morgan fingerprint density at radius 1 is 1.39 bits per heavy atom. The Labute approximate surface area is 125 Å². The number of para-hydroxylation sites is 1. The quantitative estimate of drug-likeness (QED) is 0.456. The van der Waals surface area contributed by atoms with Crippen LogP contribution < -0.4 is 0 Å². The SMILES string of the molecule is CC(C)CSc1c(C#N)c(I)nc2ccccc12. The molecule has 0 saturated heterocycles. The molecule has 4 heteroatoms. The second-order valence-electron chi connectivity index (χ2n) is 4.44. The highest BCUT2D eigenvalue weighted by molar-refractivity contribution is 14.1. The molecule has 1 aromatic carbocycles. The van der Waals surface area contributed by atoms with E-state index in [9.17, 15) is 5.26 Å². The number of benzene rings is 1. The van der Waals surface area contributed by atoms with Gasteiger partial charge in [0, 0.05) is 16.0 Å². The van der Waals surface area contributed by atoms with Gasteiger partial charge < -0.3 is 0 Å². The maximum absolute atomic E-state index is 9.32. The van der Waals surface area contributed by atoms with Crippen LogP contribution in [-0.2, 0) is 0 Å². The molecule has 0 aliphatic rings. The number of rotatable bonds is 3. The summed E-state index contributed by atoms with van der Waals surface area (Å²) in [5.74, 6) is 1.62. The predicted octanol–water partition coefficient (Wildman–Crippen LogP) is 4.46. The molecule has 2 rings (SSSR count). The largest absolute Gasteiger partial charge is 0.240 e. The van der Waals surface area contributed by atoms with Gasteiger partial charge in [-0.2, -0.15) is 5.26 Å². The minimum absolute atomic E-state index is 0.603.